The maximum Gasteiger partial charge on any atom is 0.129 e. The first-order valence-corrected chi connectivity index (χ1v) is 3.89. The molecule has 0 aromatic heterocycles. The summed E-state index contributed by atoms with van der Waals surface area (Å²) < 4.78 is 18.2. The van der Waals surface area contributed by atoms with E-state index in [1.165, 1.54) is 6.07 Å². The number of benzene rings is 1. The maximum absolute atomic E-state index is 13.1. The van der Waals surface area contributed by atoms with Crippen LogP contribution in [-0.4, -0.2) is 6.61 Å². The van der Waals surface area contributed by atoms with Gasteiger partial charge in [0.05, 0.1) is 19.3 Å². The Morgan fingerprint density at radius 3 is 3.08 bits per heavy atom. The van der Waals surface area contributed by atoms with E-state index in [9.17, 15) is 4.39 Å². The minimum atomic E-state index is -0.220. The van der Waals surface area contributed by atoms with Gasteiger partial charge < -0.3 is 10.5 Å². The zero-order valence-electron chi connectivity index (χ0n) is 6.59. The van der Waals surface area contributed by atoms with Crippen molar-refractivity contribution in [3.63, 3.8) is 0 Å². The maximum atomic E-state index is 13.1. The van der Waals surface area contributed by atoms with Crippen LogP contribution < -0.4 is 5.73 Å². The van der Waals surface area contributed by atoms with Crippen molar-refractivity contribution in [2.45, 2.75) is 12.6 Å². The van der Waals surface area contributed by atoms with Crippen LogP contribution in [0.3, 0.4) is 0 Å². The summed E-state index contributed by atoms with van der Waals surface area (Å²) in [5, 5.41) is 0. The standard InChI is InChI=1S/C9H10FNO/c10-8-3-1-2-6-7(8)4-12-5-9(6)11/h1-3,9H,4-5,11H2. The number of rotatable bonds is 0. The van der Waals surface area contributed by atoms with Crippen molar-refractivity contribution < 1.29 is 9.13 Å². The van der Waals surface area contributed by atoms with Crippen LogP contribution in [0.15, 0.2) is 18.2 Å². The Kier molecular flexibility index (Phi) is 1.83. The number of hydrogen-bond acceptors (Lipinski definition) is 2. The highest BCUT2D eigenvalue weighted by molar-refractivity contribution is 5.32. The molecule has 2 N–H and O–H groups in total. The van der Waals surface area contributed by atoms with Gasteiger partial charge in [-0.2, -0.15) is 0 Å². The summed E-state index contributed by atoms with van der Waals surface area (Å²) in [6, 6.07) is 4.79. The van der Waals surface area contributed by atoms with Crippen LogP contribution in [0.4, 0.5) is 4.39 Å². The summed E-state index contributed by atoms with van der Waals surface area (Å²) in [4.78, 5) is 0. The van der Waals surface area contributed by atoms with Gasteiger partial charge >= 0.3 is 0 Å². The molecule has 12 heavy (non-hydrogen) atoms. The van der Waals surface area contributed by atoms with Crippen molar-refractivity contribution in [3.05, 3.63) is 35.1 Å². The molecule has 2 rings (SSSR count). The minimum absolute atomic E-state index is 0.176. The first-order valence-electron chi connectivity index (χ1n) is 3.89. The highest BCUT2D eigenvalue weighted by Gasteiger charge is 2.19. The zero-order chi connectivity index (χ0) is 8.55. The molecular formula is C9H10FNO. The third-order valence-electron chi connectivity index (χ3n) is 2.10. The summed E-state index contributed by atoms with van der Waals surface area (Å²) in [6.07, 6.45) is 0. The normalized spacial score (nSPS) is 22.0. The third-order valence-corrected chi connectivity index (χ3v) is 2.10. The van der Waals surface area contributed by atoms with E-state index < -0.39 is 0 Å². The quantitative estimate of drug-likeness (QED) is 0.633. The highest BCUT2D eigenvalue weighted by Crippen LogP contribution is 2.24. The molecule has 0 saturated carbocycles. The molecule has 1 aliphatic rings. The van der Waals surface area contributed by atoms with Crippen LogP contribution in [-0.2, 0) is 11.3 Å². The Morgan fingerprint density at radius 1 is 1.50 bits per heavy atom. The van der Waals surface area contributed by atoms with Crippen molar-refractivity contribution in [2.75, 3.05) is 6.61 Å². The van der Waals surface area contributed by atoms with Gasteiger partial charge in [0.1, 0.15) is 5.82 Å². The fraction of sp³-hybridized carbons (Fsp3) is 0.333. The third kappa shape index (κ3) is 1.11. The summed E-state index contributed by atoms with van der Waals surface area (Å²) in [5.41, 5.74) is 7.21. The van der Waals surface area contributed by atoms with Crippen molar-refractivity contribution in [1.82, 2.24) is 0 Å². The van der Waals surface area contributed by atoms with Crippen LogP contribution in [0.25, 0.3) is 0 Å². The predicted octanol–water partition coefficient (Wildman–Crippen LogP) is 1.36. The molecule has 1 heterocycles. The fourth-order valence-corrected chi connectivity index (χ4v) is 1.45. The van der Waals surface area contributed by atoms with Gasteiger partial charge in [-0.3, -0.25) is 0 Å². The lowest BCUT2D eigenvalue weighted by Gasteiger charge is -2.22. The molecule has 1 unspecified atom stereocenters. The average Bonchev–Trinajstić information content (AvgIpc) is 2.07. The lowest BCUT2D eigenvalue weighted by atomic mass is 9.99. The van der Waals surface area contributed by atoms with Gasteiger partial charge in [-0.25, -0.2) is 4.39 Å². The Morgan fingerprint density at radius 2 is 2.33 bits per heavy atom. The first kappa shape index (κ1) is 7.71. The molecule has 0 aliphatic carbocycles. The van der Waals surface area contributed by atoms with Gasteiger partial charge in [-0.05, 0) is 11.6 Å². The summed E-state index contributed by atoms with van der Waals surface area (Å²) in [6.45, 7) is 0.826. The lowest BCUT2D eigenvalue weighted by Crippen LogP contribution is -2.24. The number of halogens is 1. The Labute approximate surface area is 70.1 Å². The Hall–Kier alpha value is -0.930. The van der Waals surface area contributed by atoms with E-state index in [0.29, 0.717) is 18.8 Å². The van der Waals surface area contributed by atoms with Crippen LogP contribution in [0.2, 0.25) is 0 Å². The SMILES string of the molecule is NC1COCc2c(F)cccc21. The summed E-state index contributed by atoms with van der Waals surface area (Å²) in [7, 11) is 0. The van der Waals surface area contributed by atoms with E-state index in [1.807, 2.05) is 6.07 Å². The second-order valence-electron chi connectivity index (χ2n) is 2.93. The summed E-state index contributed by atoms with van der Waals surface area (Å²) in [5.74, 6) is -0.220. The van der Waals surface area contributed by atoms with Crippen molar-refractivity contribution in [2.24, 2.45) is 5.73 Å². The molecule has 2 nitrogen and oxygen atoms in total. The van der Waals surface area contributed by atoms with Gasteiger partial charge in [-0.15, -0.1) is 0 Å². The van der Waals surface area contributed by atoms with Gasteiger partial charge in [-0.1, -0.05) is 12.1 Å². The smallest absolute Gasteiger partial charge is 0.129 e. The monoisotopic (exact) mass is 167 g/mol. The van der Waals surface area contributed by atoms with Crippen LogP contribution in [0, 0.1) is 5.82 Å². The second-order valence-corrected chi connectivity index (χ2v) is 2.93. The molecule has 3 heteroatoms. The van der Waals surface area contributed by atoms with Gasteiger partial charge in [0.15, 0.2) is 0 Å². The minimum Gasteiger partial charge on any atom is -0.375 e. The van der Waals surface area contributed by atoms with Gasteiger partial charge in [0.25, 0.3) is 0 Å². The van der Waals surface area contributed by atoms with E-state index in [4.69, 9.17) is 10.5 Å². The Balaban J connectivity index is 2.52. The van der Waals surface area contributed by atoms with Crippen molar-refractivity contribution >= 4 is 0 Å². The van der Waals surface area contributed by atoms with E-state index in [-0.39, 0.29) is 11.9 Å². The molecule has 0 radical (unpaired) electrons. The largest absolute Gasteiger partial charge is 0.375 e. The van der Waals surface area contributed by atoms with E-state index in [0.717, 1.165) is 5.56 Å². The molecule has 1 aromatic carbocycles. The molecule has 0 spiro atoms. The molecule has 1 aromatic rings. The van der Waals surface area contributed by atoms with Crippen LogP contribution in [0.5, 0.6) is 0 Å². The molecule has 0 saturated heterocycles. The number of nitrogens with two attached hydrogens (primary N) is 1. The van der Waals surface area contributed by atoms with E-state index in [2.05, 4.69) is 0 Å². The molecule has 0 amide bonds. The molecule has 1 aliphatic heterocycles. The van der Waals surface area contributed by atoms with Gasteiger partial charge in [0.2, 0.25) is 0 Å². The zero-order valence-corrected chi connectivity index (χ0v) is 6.59. The van der Waals surface area contributed by atoms with Crippen molar-refractivity contribution in [3.8, 4) is 0 Å². The first-order chi connectivity index (χ1) is 5.79. The highest BCUT2D eigenvalue weighted by atomic mass is 19.1. The second kappa shape index (κ2) is 2.84. The molecule has 1 atom stereocenters. The molecule has 0 bridgehead atoms. The van der Waals surface area contributed by atoms with Crippen LogP contribution >= 0.6 is 0 Å². The molecule has 64 valence electrons. The van der Waals surface area contributed by atoms with E-state index in [1.54, 1.807) is 6.07 Å². The van der Waals surface area contributed by atoms with E-state index >= 15 is 0 Å². The van der Waals surface area contributed by atoms with Gasteiger partial charge in [0, 0.05) is 5.56 Å². The average molecular weight is 167 g/mol. The molecule has 0 fully saturated rings. The fourth-order valence-electron chi connectivity index (χ4n) is 1.45. The number of fused-ring (bicyclic) bond motifs is 1. The topological polar surface area (TPSA) is 35.2 Å². The van der Waals surface area contributed by atoms with Crippen LogP contribution in [0.1, 0.15) is 17.2 Å². The Bertz CT molecular complexity index is 301. The summed E-state index contributed by atoms with van der Waals surface area (Å²) >= 11 is 0. The predicted molar refractivity (Wildman–Crippen MR) is 43.0 cm³/mol. The van der Waals surface area contributed by atoms with Crippen molar-refractivity contribution in [1.29, 1.82) is 0 Å². The molecular weight excluding hydrogens is 157 g/mol. The number of hydrogen-bond donors (Lipinski definition) is 1. The number of ether oxygens (including phenoxy) is 1. The lowest BCUT2D eigenvalue weighted by molar-refractivity contribution is 0.0895.